The number of rotatable bonds is 5. The van der Waals surface area contributed by atoms with E-state index in [2.05, 4.69) is 15.9 Å². The smallest absolute Gasteiger partial charge is 0.269 e. The van der Waals surface area contributed by atoms with Crippen molar-refractivity contribution < 1.29 is 9.72 Å². The van der Waals surface area contributed by atoms with Crippen LogP contribution in [0.4, 0.5) is 5.69 Å². The van der Waals surface area contributed by atoms with Crippen molar-refractivity contribution in [3.05, 3.63) is 39.9 Å². The second-order valence-electron chi connectivity index (χ2n) is 5.28. The summed E-state index contributed by atoms with van der Waals surface area (Å²) in [7, 11) is 0. The van der Waals surface area contributed by atoms with E-state index in [9.17, 15) is 14.9 Å². The molecule has 1 aliphatic rings. The minimum atomic E-state index is -0.453. The second kappa shape index (κ2) is 7.54. The van der Waals surface area contributed by atoms with Crippen LogP contribution in [0, 0.1) is 10.1 Å². The summed E-state index contributed by atoms with van der Waals surface area (Å²) < 4.78 is 0. The molecule has 6 heteroatoms. The van der Waals surface area contributed by atoms with Gasteiger partial charge in [0.05, 0.1) is 4.92 Å². The van der Waals surface area contributed by atoms with E-state index >= 15 is 0 Å². The predicted molar refractivity (Wildman–Crippen MR) is 84.8 cm³/mol. The average Bonchev–Trinajstić information content (AvgIpc) is 2.53. The summed E-state index contributed by atoms with van der Waals surface area (Å²) in [6.07, 6.45) is 5.66. The third kappa shape index (κ3) is 4.03. The Hall–Kier alpha value is -1.43. The van der Waals surface area contributed by atoms with Gasteiger partial charge in [0.2, 0.25) is 0 Å². The van der Waals surface area contributed by atoms with Gasteiger partial charge in [0.25, 0.3) is 11.6 Å². The molecule has 0 saturated heterocycles. The lowest BCUT2D eigenvalue weighted by atomic mass is 9.93. The third-order valence-corrected chi connectivity index (χ3v) is 4.28. The third-order valence-electron chi connectivity index (χ3n) is 3.93. The van der Waals surface area contributed by atoms with Gasteiger partial charge in [-0.2, -0.15) is 0 Å². The molecule has 0 spiro atoms. The van der Waals surface area contributed by atoms with Gasteiger partial charge in [0, 0.05) is 35.6 Å². The van der Waals surface area contributed by atoms with Gasteiger partial charge in [-0.3, -0.25) is 14.9 Å². The molecular weight excluding hydrogens is 336 g/mol. The topological polar surface area (TPSA) is 63.4 Å². The van der Waals surface area contributed by atoms with E-state index in [0.29, 0.717) is 18.2 Å². The fourth-order valence-corrected chi connectivity index (χ4v) is 3.21. The number of benzene rings is 1. The first-order valence-electron chi connectivity index (χ1n) is 7.25. The summed E-state index contributed by atoms with van der Waals surface area (Å²) in [6, 6.07) is 6.16. The van der Waals surface area contributed by atoms with E-state index in [-0.39, 0.29) is 11.6 Å². The highest BCUT2D eigenvalue weighted by Gasteiger charge is 2.25. The van der Waals surface area contributed by atoms with E-state index in [0.717, 1.165) is 31.0 Å². The Morgan fingerprint density at radius 3 is 2.38 bits per heavy atom. The van der Waals surface area contributed by atoms with Crippen molar-refractivity contribution in [2.75, 3.05) is 11.9 Å². The molecule has 0 aromatic heterocycles. The fraction of sp³-hybridized carbons (Fsp3) is 0.533. The lowest BCUT2D eigenvalue weighted by Gasteiger charge is -2.34. The molecule has 2 rings (SSSR count). The van der Waals surface area contributed by atoms with E-state index in [4.69, 9.17) is 0 Å². The van der Waals surface area contributed by atoms with Crippen LogP contribution in [0.5, 0.6) is 0 Å². The monoisotopic (exact) mass is 354 g/mol. The number of non-ortho nitro benzene ring substituents is 1. The Morgan fingerprint density at radius 1 is 1.24 bits per heavy atom. The number of halogens is 1. The lowest BCUT2D eigenvalue weighted by Crippen LogP contribution is -2.42. The summed E-state index contributed by atoms with van der Waals surface area (Å²) in [5.74, 6) is -0.0313. The van der Waals surface area contributed by atoms with Crippen LogP contribution in [0.1, 0.15) is 42.5 Å². The maximum Gasteiger partial charge on any atom is 0.269 e. The lowest BCUT2D eigenvalue weighted by molar-refractivity contribution is -0.384. The van der Waals surface area contributed by atoms with Gasteiger partial charge in [-0.05, 0) is 25.0 Å². The molecule has 1 amide bonds. The zero-order chi connectivity index (χ0) is 15.2. The SMILES string of the molecule is O=C(c1ccc([N+](=O)[O-])cc1)N(CCBr)C1CCCCC1. The molecular formula is C15H19BrN2O3. The number of nitro groups is 1. The molecule has 0 bridgehead atoms. The first kappa shape index (κ1) is 15.9. The molecule has 0 radical (unpaired) electrons. The second-order valence-corrected chi connectivity index (χ2v) is 6.08. The Bertz CT molecular complexity index is 498. The predicted octanol–water partition coefficient (Wildman–Crippen LogP) is 3.76. The molecule has 1 fully saturated rings. The van der Waals surface area contributed by atoms with Crippen LogP contribution < -0.4 is 0 Å². The largest absolute Gasteiger partial charge is 0.335 e. The van der Waals surface area contributed by atoms with Gasteiger partial charge in [-0.15, -0.1) is 0 Å². The molecule has 21 heavy (non-hydrogen) atoms. The molecule has 0 N–H and O–H groups in total. The first-order valence-corrected chi connectivity index (χ1v) is 8.37. The molecule has 114 valence electrons. The molecule has 0 heterocycles. The summed E-state index contributed by atoms with van der Waals surface area (Å²) in [5, 5.41) is 11.4. The quantitative estimate of drug-likeness (QED) is 0.459. The average molecular weight is 355 g/mol. The standard InChI is InChI=1S/C15H19BrN2O3/c16-10-11-17(13-4-2-1-3-5-13)15(19)12-6-8-14(9-7-12)18(20)21/h6-9,13H,1-5,10-11H2. The summed E-state index contributed by atoms with van der Waals surface area (Å²) in [6.45, 7) is 0.667. The van der Waals surface area contributed by atoms with Crippen molar-refractivity contribution >= 4 is 27.5 Å². The Balaban J connectivity index is 2.14. The van der Waals surface area contributed by atoms with Crippen LogP contribution >= 0.6 is 15.9 Å². The van der Waals surface area contributed by atoms with Crippen LogP contribution in [-0.4, -0.2) is 33.6 Å². The number of nitro benzene ring substituents is 1. The maximum atomic E-state index is 12.7. The van der Waals surface area contributed by atoms with Crippen molar-refractivity contribution in [2.24, 2.45) is 0 Å². The molecule has 5 nitrogen and oxygen atoms in total. The number of carbonyl (C=O) groups is 1. The van der Waals surface area contributed by atoms with E-state index < -0.39 is 4.92 Å². The van der Waals surface area contributed by atoms with E-state index in [1.54, 1.807) is 12.1 Å². The number of hydrogen-bond donors (Lipinski definition) is 0. The Kier molecular flexibility index (Phi) is 5.73. The zero-order valence-electron chi connectivity index (χ0n) is 11.8. The number of amides is 1. The minimum Gasteiger partial charge on any atom is -0.335 e. The fourth-order valence-electron chi connectivity index (χ4n) is 2.83. The highest BCUT2D eigenvalue weighted by Crippen LogP contribution is 2.24. The van der Waals surface area contributed by atoms with Crippen LogP contribution in [0.25, 0.3) is 0 Å². The van der Waals surface area contributed by atoms with Crippen molar-refractivity contribution in [3.63, 3.8) is 0 Å². The summed E-state index contributed by atoms with van der Waals surface area (Å²) in [4.78, 5) is 24.8. The maximum absolute atomic E-state index is 12.7. The first-order chi connectivity index (χ1) is 10.1. The van der Waals surface area contributed by atoms with Gasteiger partial charge < -0.3 is 4.90 Å². The van der Waals surface area contributed by atoms with Crippen molar-refractivity contribution in [2.45, 2.75) is 38.1 Å². The van der Waals surface area contributed by atoms with Gasteiger partial charge in [0.15, 0.2) is 0 Å². The van der Waals surface area contributed by atoms with Crippen LogP contribution in [-0.2, 0) is 0 Å². The number of hydrogen-bond acceptors (Lipinski definition) is 3. The Morgan fingerprint density at radius 2 is 1.86 bits per heavy atom. The number of carbonyl (C=O) groups excluding carboxylic acids is 1. The molecule has 0 aliphatic heterocycles. The van der Waals surface area contributed by atoms with Crippen LogP contribution in [0.3, 0.4) is 0 Å². The Labute approximate surface area is 132 Å². The molecule has 1 aliphatic carbocycles. The van der Waals surface area contributed by atoms with E-state index in [1.807, 2.05) is 4.90 Å². The normalized spacial score (nSPS) is 15.7. The van der Waals surface area contributed by atoms with Gasteiger partial charge in [-0.25, -0.2) is 0 Å². The molecule has 0 atom stereocenters. The van der Waals surface area contributed by atoms with Gasteiger partial charge in [-0.1, -0.05) is 35.2 Å². The number of nitrogens with zero attached hydrogens (tertiary/aromatic N) is 2. The van der Waals surface area contributed by atoms with Crippen LogP contribution in [0.15, 0.2) is 24.3 Å². The highest BCUT2D eigenvalue weighted by molar-refractivity contribution is 9.09. The summed E-state index contributed by atoms with van der Waals surface area (Å²) in [5.41, 5.74) is 0.531. The van der Waals surface area contributed by atoms with Gasteiger partial charge in [0.1, 0.15) is 0 Å². The summed E-state index contributed by atoms with van der Waals surface area (Å²) >= 11 is 3.40. The van der Waals surface area contributed by atoms with Crippen LogP contribution in [0.2, 0.25) is 0 Å². The highest BCUT2D eigenvalue weighted by atomic mass is 79.9. The molecule has 1 aromatic carbocycles. The zero-order valence-corrected chi connectivity index (χ0v) is 13.4. The van der Waals surface area contributed by atoms with Gasteiger partial charge >= 0.3 is 0 Å². The van der Waals surface area contributed by atoms with Crippen molar-refractivity contribution in [1.82, 2.24) is 4.90 Å². The molecule has 0 unspecified atom stereocenters. The van der Waals surface area contributed by atoms with E-state index in [1.165, 1.54) is 18.6 Å². The van der Waals surface area contributed by atoms with Crippen molar-refractivity contribution in [1.29, 1.82) is 0 Å². The molecule has 1 saturated carbocycles. The minimum absolute atomic E-state index is 0.0104. The molecule has 1 aromatic rings. The number of alkyl halides is 1. The van der Waals surface area contributed by atoms with Crippen molar-refractivity contribution in [3.8, 4) is 0 Å².